The molecule has 1 N–H and O–H groups in total. The number of aromatic nitrogens is 2. The van der Waals surface area contributed by atoms with E-state index in [2.05, 4.69) is 17.2 Å². The zero-order chi connectivity index (χ0) is 21.3. The molecule has 30 heavy (non-hydrogen) atoms. The maximum absolute atomic E-state index is 12.8. The molecule has 1 fully saturated rings. The molecule has 0 radical (unpaired) electrons. The van der Waals surface area contributed by atoms with Crippen LogP contribution in [0.3, 0.4) is 0 Å². The number of nitrogens with zero attached hydrogens (tertiary/aromatic N) is 3. The molecule has 3 heterocycles. The van der Waals surface area contributed by atoms with Crippen molar-refractivity contribution in [3.8, 4) is 0 Å². The van der Waals surface area contributed by atoms with Crippen LogP contribution in [-0.2, 0) is 16.6 Å². The maximum Gasteiger partial charge on any atom is 0.251 e. The number of benzene rings is 1. The summed E-state index contributed by atoms with van der Waals surface area (Å²) in [4.78, 5) is 17.1. The zero-order valence-corrected chi connectivity index (χ0v) is 18.2. The van der Waals surface area contributed by atoms with E-state index in [1.807, 2.05) is 0 Å². The molecule has 1 saturated heterocycles. The van der Waals surface area contributed by atoms with E-state index in [-0.39, 0.29) is 17.3 Å². The molecule has 0 spiro atoms. The standard InChI is InChI=1S/C21H23ClN4O3S/c1-15-3-2-10-26(12-15)30(28,29)19-7-4-16(5-8-19)21(27)23-11-18-14-25-13-17(22)6-9-20(25)24-18/h4-9,13-15H,2-3,10-12H2,1H3,(H,23,27)/t15-/m0/s1. The molecule has 1 amide bonds. The number of hydrogen-bond acceptors (Lipinski definition) is 4. The molecule has 0 aliphatic carbocycles. The third-order valence-corrected chi connectivity index (χ3v) is 7.37. The largest absolute Gasteiger partial charge is 0.346 e. The number of rotatable bonds is 5. The maximum atomic E-state index is 12.8. The number of carbonyl (C=O) groups is 1. The van der Waals surface area contributed by atoms with Crippen molar-refractivity contribution in [1.29, 1.82) is 0 Å². The fourth-order valence-electron chi connectivity index (χ4n) is 3.67. The number of carbonyl (C=O) groups excluding carboxylic acids is 1. The topological polar surface area (TPSA) is 83.8 Å². The highest BCUT2D eigenvalue weighted by Gasteiger charge is 2.28. The summed E-state index contributed by atoms with van der Waals surface area (Å²) in [5.74, 6) is 0.0647. The Morgan fingerprint density at radius 3 is 2.70 bits per heavy atom. The molecule has 0 unspecified atom stereocenters. The molecular weight excluding hydrogens is 424 g/mol. The van der Waals surface area contributed by atoms with Crippen molar-refractivity contribution in [2.45, 2.75) is 31.2 Å². The van der Waals surface area contributed by atoms with Gasteiger partial charge in [0.15, 0.2) is 0 Å². The summed E-state index contributed by atoms with van der Waals surface area (Å²) in [6, 6.07) is 9.63. The van der Waals surface area contributed by atoms with Crippen molar-refractivity contribution in [3.63, 3.8) is 0 Å². The van der Waals surface area contributed by atoms with Crippen molar-refractivity contribution in [2.24, 2.45) is 5.92 Å². The van der Waals surface area contributed by atoms with Crippen LogP contribution >= 0.6 is 11.6 Å². The summed E-state index contributed by atoms with van der Waals surface area (Å²) in [5, 5.41) is 3.41. The molecule has 1 atom stereocenters. The van der Waals surface area contributed by atoms with E-state index in [0.29, 0.717) is 35.3 Å². The second-order valence-corrected chi connectivity index (χ2v) is 10.0. The first-order chi connectivity index (χ1) is 14.3. The molecule has 3 aromatic rings. The minimum atomic E-state index is -3.53. The lowest BCUT2D eigenvalue weighted by Gasteiger charge is -2.30. The minimum absolute atomic E-state index is 0.213. The van der Waals surface area contributed by atoms with Gasteiger partial charge in [0.05, 0.1) is 22.2 Å². The van der Waals surface area contributed by atoms with Gasteiger partial charge in [0, 0.05) is 31.0 Å². The highest BCUT2D eigenvalue weighted by atomic mass is 35.5. The molecule has 0 bridgehead atoms. The summed E-state index contributed by atoms with van der Waals surface area (Å²) < 4.78 is 29.0. The Balaban J connectivity index is 1.42. The van der Waals surface area contributed by atoms with Crippen LogP contribution in [0.1, 0.15) is 35.8 Å². The SMILES string of the molecule is C[C@H]1CCCN(S(=O)(=O)c2ccc(C(=O)NCc3cn4cc(Cl)ccc4n3)cc2)C1. The monoisotopic (exact) mass is 446 g/mol. The van der Waals surface area contributed by atoms with Gasteiger partial charge >= 0.3 is 0 Å². The number of fused-ring (bicyclic) bond motifs is 1. The lowest BCUT2D eigenvalue weighted by Crippen LogP contribution is -2.39. The highest BCUT2D eigenvalue weighted by Crippen LogP contribution is 2.23. The van der Waals surface area contributed by atoms with Gasteiger partial charge in [-0.2, -0.15) is 4.31 Å². The predicted octanol–water partition coefficient (Wildman–Crippen LogP) is 3.34. The van der Waals surface area contributed by atoms with Crippen LogP contribution in [0.2, 0.25) is 5.02 Å². The van der Waals surface area contributed by atoms with Gasteiger partial charge in [-0.05, 0) is 55.2 Å². The minimum Gasteiger partial charge on any atom is -0.346 e. The number of imidazole rings is 1. The van der Waals surface area contributed by atoms with Gasteiger partial charge in [-0.1, -0.05) is 18.5 Å². The highest BCUT2D eigenvalue weighted by molar-refractivity contribution is 7.89. The van der Waals surface area contributed by atoms with E-state index in [1.165, 1.54) is 16.4 Å². The zero-order valence-electron chi connectivity index (χ0n) is 16.6. The van der Waals surface area contributed by atoms with Gasteiger partial charge in [-0.3, -0.25) is 4.79 Å². The molecule has 158 valence electrons. The Kier molecular flexibility index (Phi) is 5.81. The Morgan fingerprint density at radius 2 is 1.97 bits per heavy atom. The number of hydrogen-bond donors (Lipinski definition) is 1. The first-order valence-corrected chi connectivity index (χ1v) is 11.7. The van der Waals surface area contributed by atoms with Crippen LogP contribution in [0.4, 0.5) is 0 Å². The van der Waals surface area contributed by atoms with Gasteiger partial charge in [0.2, 0.25) is 10.0 Å². The molecule has 7 nitrogen and oxygen atoms in total. The second kappa shape index (κ2) is 8.37. The Morgan fingerprint density at radius 1 is 1.20 bits per heavy atom. The van der Waals surface area contributed by atoms with Gasteiger partial charge in [0.1, 0.15) is 5.65 Å². The molecule has 0 saturated carbocycles. The molecule has 4 rings (SSSR count). The van der Waals surface area contributed by atoms with Crippen LogP contribution in [0.15, 0.2) is 53.7 Å². The van der Waals surface area contributed by atoms with E-state index in [0.717, 1.165) is 18.5 Å². The quantitative estimate of drug-likeness (QED) is 0.651. The van der Waals surface area contributed by atoms with Gasteiger partial charge in [-0.15, -0.1) is 0 Å². The van der Waals surface area contributed by atoms with Crippen molar-refractivity contribution >= 4 is 33.2 Å². The smallest absolute Gasteiger partial charge is 0.251 e. The summed E-state index contributed by atoms with van der Waals surface area (Å²) in [6.45, 7) is 3.39. The number of pyridine rings is 1. The fourth-order valence-corrected chi connectivity index (χ4v) is 5.43. The molecule has 1 aliphatic rings. The predicted molar refractivity (Wildman–Crippen MR) is 115 cm³/mol. The van der Waals surface area contributed by atoms with Crippen molar-refractivity contribution in [1.82, 2.24) is 19.0 Å². The second-order valence-electron chi connectivity index (χ2n) is 7.66. The lowest BCUT2D eigenvalue weighted by atomic mass is 10.0. The van der Waals surface area contributed by atoms with Crippen molar-refractivity contribution in [2.75, 3.05) is 13.1 Å². The number of amides is 1. The fraction of sp³-hybridized carbons (Fsp3) is 0.333. The van der Waals surface area contributed by atoms with Crippen molar-refractivity contribution in [3.05, 3.63) is 65.1 Å². The average molecular weight is 447 g/mol. The number of piperidine rings is 1. The summed E-state index contributed by atoms with van der Waals surface area (Å²) in [6.07, 6.45) is 5.47. The molecule has 9 heteroatoms. The molecule has 2 aromatic heterocycles. The number of sulfonamides is 1. The summed E-state index contributed by atoms with van der Waals surface area (Å²) in [7, 11) is -3.53. The lowest BCUT2D eigenvalue weighted by molar-refractivity contribution is 0.0950. The summed E-state index contributed by atoms with van der Waals surface area (Å²) in [5.41, 5.74) is 1.84. The first kappa shape index (κ1) is 20.8. The van der Waals surface area contributed by atoms with Crippen molar-refractivity contribution < 1.29 is 13.2 Å². The Hall–Kier alpha value is -2.42. The normalized spacial score (nSPS) is 17.9. The van der Waals surface area contributed by atoms with Gasteiger partial charge < -0.3 is 9.72 Å². The molecule has 1 aromatic carbocycles. The van der Waals surface area contributed by atoms with E-state index >= 15 is 0 Å². The van der Waals surface area contributed by atoms with Crippen LogP contribution in [0, 0.1) is 5.92 Å². The van der Waals surface area contributed by atoms with Gasteiger partial charge in [0.25, 0.3) is 5.91 Å². The van der Waals surface area contributed by atoms with E-state index < -0.39 is 10.0 Å². The Bertz CT molecular complexity index is 1170. The first-order valence-electron chi connectivity index (χ1n) is 9.84. The van der Waals surface area contributed by atoms with Crippen LogP contribution in [-0.4, -0.2) is 41.1 Å². The third-order valence-electron chi connectivity index (χ3n) is 5.27. The third kappa shape index (κ3) is 4.35. The number of halogens is 1. The average Bonchev–Trinajstić information content (AvgIpc) is 3.14. The van der Waals surface area contributed by atoms with Crippen LogP contribution < -0.4 is 5.32 Å². The van der Waals surface area contributed by atoms with Crippen LogP contribution in [0.5, 0.6) is 0 Å². The van der Waals surface area contributed by atoms with E-state index in [1.54, 1.807) is 41.1 Å². The number of nitrogens with one attached hydrogen (secondary N) is 1. The van der Waals surface area contributed by atoms with E-state index in [9.17, 15) is 13.2 Å². The van der Waals surface area contributed by atoms with Crippen LogP contribution in [0.25, 0.3) is 5.65 Å². The van der Waals surface area contributed by atoms with Gasteiger partial charge in [-0.25, -0.2) is 13.4 Å². The molecular formula is C21H23ClN4O3S. The summed E-state index contributed by atoms with van der Waals surface area (Å²) >= 11 is 5.97. The van der Waals surface area contributed by atoms with E-state index in [4.69, 9.17) is 11.6 Å². The Labute approximate surface area is 180 Å². The molecule has 1 aliphatic heterocycles.